The number of unbranched alkanes of at least 4 members (excludes halogenated alkanes) is 3. The summed E-state index contributed by atoms with van der Waals surface area (Å²) in [5, 5.41) is 5.29. The molecule has 0 aliphatic carbocycles. The molecule has 25 heavy (non-hydrogen) atoms. The standard InChI is InChI=1S/C8H5ClN3.3C4H9.Sn/c9-7-1-3-8(4-2-7)12-6-10-5-11-12;3*1-3-4-2;/h1-3,5-6H;3*1,3-4H2,2H3;. The number of aromatic nitrogens is 3. The molecular weight excluding hydrogens is 436 g/mol. The van der Waals surface area contributed by atoms with Crippen molar-refractivity contribution in [2.75, 3.05) is 0 Å². The van der Waals surface area contributed by atoms with Crippen molar-refractivity contribution in [1.29, 1.82) is 0 Å². The van der Waals surface area contributed by atoms with Gasteiger partial charge in [0, 0.05) is 0 Å². The predicted molar refractivity (Wildman–Crippen MR) is 111 cm³/mol. The maximum absolute atomic E-state index is 6.47. The van der Waals surface area contributed by atoms with E-state index < -0.39 is 18.4 Å². The zero-order valence-corrected chi connectivity index (χ0v) is 19.6. The van der Waals surface area contributed by atoms with Crippen molar-refractivity contribution in [3.63, 3.8) is 0 Å². The SMILES string of the molecule is CCC[CH2][Sn]([CH2]CCC)([CH2]CCC)[c]1cc(Cl)ccc1-n1cncn1. The minimum absolute atomic E-state index is 0.865. The molecule has 3 nitrogen and oxygen atoms in total. The molecule has 1 aromatic carbocycles. The van der Waals surface area contributed by atoms with E-state index in [0.29, 0.717) is 0 Å². The summed E-state index contributed by atoms with van der Waals surface area (Å²) in [4.78, 5) is 4.17. The van der Waals surface area contributed by atoms with E-state index in [0.717, 1.165) is 5.02 Å². The molecule has 5 heteroatoms. The molecule has 0 aliphatic heterocycles. The van der Waals surface area contributed by atoms with Crippen molar-refractivity contribution in [3.05, 3.63) is 35.9 Å². The Morgan fingerprint density at radius 3 is 2.04 bits per heavy atom. The zero-order chi connectivity index (χ0) is 18.1. The summed E-state index contributed by atoms with van der Waals surface area (Å²) in [6.45, 7) is 6.94. The van der Waals surface area contributed by atoms with Crippen LogP contribution in [0.15, 0.2) is 30.9 Å². The normalized spacial score (nSPS) is 11.8. The summed E-state index contributed by atoms with van der Waals surface area (Å²) in [5.74, 6) is 0. The monoisotopic (exact) mass is 469 g/mol. The molecule has 0 N–H and O–H groups in total. The van der Waals surface area contributed by atoms with Gasteiger partial charge in [0.05, 0.1) is 0 Å². The van der Waals surface area contributed by atoms with Crippen LogP contribution in [0, 0.1) is 0 Å². The van der Waals surface area contributed by atoms with Crippen LogP contribution in [0.4, 0.5) is 0 Å². The van der Waals surface area contributed by atoms with Gasteiger partial charge in [0.1, 0.15) is 0 Å². The van der Waals surface area contributed by atoms with Crippen LogP contribution in [0.1, 0.15) is 59.3 Å². The van der Waals surface area contributed by atoms with Crippen molar-refractivity contribution in [2.45, 2.75) is 72.6 Å². The summed E-state index contributed by atoms with van der Waals surface area (Å²) in [6, 6.07) is 6.43. The minimum atomic E-state index is -2.57. The first-order valence-corrected chi connectivity index (χ1v) is 17.7. The van der Waals surface area contributed by atoms with Crippen LogP contribution < -0.4 is 3.58 Å². The van der Waals surface area contributed by atoms with Gasteiger partial charge in [0.25, 0.3) is 0 Å². The van der Waals surface area contributed by atoms with Crippen molar-refractivity contribution < 1.29 is 0 Å². The molecule has 0 atom stereocenters. The van der Waals surface area contributed by atoms with Gasteiger partial charge in [0.15, 0.2) is 0 Å². The second-order valence-corrected chi connectivity index (χ2v) is 20.7. The first-order valence-electron chi connectivity index (χ1n) is 9.82. The second kappa shape index (κ2) is 10.6. The molecule has 0 radical (unpaired) electrons. The fraction of sp³-hybridized carbons (Fsp3) is 0.600. The van der Waals surface area contributed by atoms with Crippen molar-refractivity contribution in [3.8, 4) is 5.69 Å². The molecular formula is C20H32ClN3Sn. The van der Waals surface area contributed by atoms with Gasteiger partial charge in [-0.15, -0.1) is 0 Å². The molecule has 1 heterocycles. The Balaban J connectivity index is 2.55. The third-order valence-electron chi connectivity index (χ3n) is 5.22. The summed E-state index contributed by atoms with van der Waals surface area (Å²) in [6.07, 6.45) is 11.3. The van der Waals surface area contributed by atoms with Gasteiger partial charge in [-0.05, 0) is 0 Å². The average Bonchev–Trinajstić information content (AvgIpc) is 3.16. The van der Waals surface area contributed by atoms with E-state index >= 15 is 0 Å². The number of halogens is 1. The Labute approximate surface area is 162 Å². The number of hydrogen-bond donors (Lipinski definition) is 0. The van der Waals surface area contributed by atoms with Crippen molar-refractivity contribution in [2.24, 2.45) is 0 Å². The van der Waals surface area contributed by atoms with Crippen LogP contribution in [0.3, 0.4) is 0 Å². The van der Waals surface area contributed by atoms with Crippen LogP contribution in [0.5, 0.6) is 0 Å². The van der Waals surface area contributed by atoms with E-state index in [1.807, 2.05) is 17.1 Å². The van der Waals surface area contributed by atoms with Gasteiger partial charge in [-0.1, -0.05) is 0 Å². The van der Waals surface area contributed by atoms with E-state index in [4.69, 9.17) is 11.6 Å². The molecule has 0 unspecified atom stereocenters. The summed E-state index contributed by atoms with van der Waals surface area (Å²) >= 11 is 3.91. The molecule has 2 aromatic rings. The van der Waals surface area contributed by atoms with Crippen LogP contribution in [-0.2, 0) is 0 Å². The maximum atomic E-state index is 6.47. The molecule has 0 saturated heterocycles. The molecule has 0 spiro atoms. The number of benzene rings is 1. The van der Waals surface area contributed by atoms with Gasteiger partial charge < -0.3 is 0 Å². The molecule has 138 valence electrons. The summed E-state index contributed by atoms with van der Waals surface area (Å²) < 4.78 is 7.78. The molecule has 0 saturated carbocycles. The Morgan fingerprint density at radius 2 is 1.56 bits per heavy atom. The van der Waals surface area contributed by atoms with Gasteiger partial charge in [0.2, 0.25) is 0 Å². The number of rotatable bonds is 11. The first kappa shape index (κ1) is 20.8. The summed E-state index contributed by atoms with van der Waals surface area (Å²) in [7, 11) is 0. The molecule has 0 bridgehead atoms. The molecule has 0 amide bonds. The van der Waals surface area contributed by atoms with E-state index in [-0.39, 0.29) is 0 Å². The van der Waals surface area contributed by atoms with Crippen LogP contribution in [0.25, 0.3) is 5.69 Å². The molecule has 2 rings (SSSR count). The predicted octanol–water partition coefficient (Wildman–Crippen LogP) is 5.98. The van der Waals surface area contributed by atoms with Crippen LogP contribution >= 0.6 is 11.6 Å². The average molecular weight is 469 g/mol. The Hall–Kier alpha value is -0.551. The van der Waals surface area contributed by atoms with E-state index in [2.05, 4.69) is 43.0 Å². The van der Waals surface area contributed by atoms with Gasteiger partial charge in [-0.3, -0.25) is 0 Å². The third-order valence-corrected chi connectivity index (χ3v) is 21.1. The summed E-state index contributed by atoms with van der Waals surface area (Å²) in [5.41, 5.74) is 1.22. The van der Waals surface area contributed by atoms with Crippen molar-refractivity contribution in [1.82, 2.24) is 14.8 Å². The Kier molecular flexibility index (Phi) is 8.77. The van der Waals surface area contributed by atoms with E-state index in [9.17, 15) is 0 Å². The van der Waals surface area contributed by atoms with Gasteiger partial charge in [-0.25, -0.2) is 0 Å². The number of nitrogens with zero attached hydrogens (tertiary/aromatic N) is 3. The van der Waals surface area contributed by atoms with E-state index in [1.54, 1.807) is 9.91 Å². The van der Waals surface area contributed by atoms with Gasteiger partial charge >= 0.3 is 162 Å². The van der Waals surface area contributed by atoms with Crippen LogP contribution in [-0.4, -0.2) is 33.1 Å². The molecule has 0 aliphatic rings. The Bertz CT molecular complexity index is 606. The quantitative estimate of drug-likeness (QED) is 0.380. The third kappa shape index (κ3) is 5.46. The van der Waals surface area contributed by atoms with Crippen LogP contribution in [0.2, 0.25) is 18.3 Å². The fourth-order valence-electron chi connectivity index (χ4n) is 3.79. The van der Waals surface area contributed by atoms with Gasteiger partial charge in [-0.2, -0.15) is 0 Å². The first-order chi connectivity index (χ1) is 12.2. The fourth-order valence-corrected chi connectivity index (χ4v) is 20.9. The molecule has 1 aromatic heterocycles. The van der Waals surface area contributed by atoms with Crippen molar-refractivity contribution >= 4 is 33.6 Å². The van der Waals surface area contributed by atoms with E-state index in [1.165, 1.54) is 57.5 Å². The topological polar surface area (TPSA) is 30.7 Å². The second-order valence-electron chi connectivity index (χ2n) is 7.09. The molecule has 0 fully saturated rings. The Morgan fingerprint density at radius 1 is 0.960 bits per heavy atom. The number of hydrogen-bond acceptors (Lipinski definition) is 2. The zero-order valence-electron chi connectivity index (χ0n) is 16.0.